The van der Waals surface area contributed by atoms with Crippen LogP contribution in [0.1, 0.15) is 46.0 Å². The number of rotatable bonds is 3. The van der Waals surface area contributed by atoms with Gasteiger partial charge in [-0.25, -0.2) is 0 Å². The van der Waals surface area contributed by atoms with Crippen LogP contribution in [-0.2, 0) is 4.74 Å². The van der Waals surface area contributed by atoms with E-state index in [1.54, 1.807) is 0 Å². The van der Waals surface area contributed by atoms with E-state index in [1.807, 2.05) is 0 Å². The summed E-state index contributed by atoms with van der Waals surface area (Å²) in [6, 6.07) is 1.32. The average Bonchev–Trinajstić information content (AvgIpc) is 2.84. The Bertz CT molecular complexity index is 165. The second-order valence-corrected chi connectivity index (χ2v) is 4.60. The molecule has 0 aromatic heterocycles. The summed E-state index contributed by atoms with van der Waals surface area (Å²) >= 11 is 0. The van der Waals surface area contributed by atoms with Gasteiger partial charge in [0, 0.05) is 12.1 Å². The Morgan fingerprint density at radius 1 is 1.23 bits per heavy atom. The van der Waals surface area contributed by atoms with Crippen molar-refractivity contribution in [2.24, 2.45) is 0 Å². The van der Waals surface area contributed by atoms with Crippen molar-refractivity contribution in [2.75, 3.05) is 0 Å². The van der Waals surface area contributed by atoms with Gasteiger partial charge in [0.25, 0.3) is 0 Å². The Hall–Kier alpha value is -0.0800. The van der Waals surface area contributed by atoms with Gasteiger partial charge in [-0.2, -0.15) is 0 Å². The van der Waals surface area contributed by atoms with E-state index in [0.717, 1.165) is 6.04 Å². The van der Waals surface area contributed by atoms with Gasteiger partial charge in [0.05, 0.1) is 12.2 Å². The van der Waals surface area contributed by atoms with Gasteiger partial charge in [-0.1, -0.05) is 19.3 Å². The van der Waals surface area contributed by atoms with Crippen molar-refractivity contribution in [3.63, 3.8) is 0 Å². The van der Waals surface area contributed by atoms with E-state index >= 15 is 0 Å². The van der Waals surface area contributed by atoms with Crippen molar-refractivity contribution >= 4 is 0 Å². The van der Waals surface area contributed by atoms with Gasteiger partial charge in [0.1, 0.15) is 0 Å². The van der Waals surface area contributed by atoms with Gasteiger partial charge >= 0.3 is 0 Å². The molecule has 1 saturated heterocycles. The Balaban J connectivity index is 1.70. The molecule has 76 valence electrons. The van der Waals surface area contributed by atoms with E-state index in [0.29, 0.717) is 18.2 Å². The molecule has 0 amide bonds. The lowest BCUT2D eigenvalue weighted by molar-refractivity contribution is 0.292. The van der Waals surface area contributed by atoms with Crippen LogP contribution in [0.5, 0.6) is 0 Å². The molecule has 1 heterocycles. The maximum atomic E-state index is 5.46. The zero-order valence-electron chi connectivity index (χ0n) is 8.75. The Kier molecular flexibility index (Phi) is 2.89. The van der Waals surface area contributed by atoms with Gasteiger partial charge in [-0.05, 0) is 26.7 Å². The summed E-state index contributed by atoms with van der Waals surface area (Å²) < 4.78 is 5.46. The van der Waals surface area contributed by atoms with Gasteiger partial charge in [-0.15, -0.1) is 0 Å². The predicted molar refractivity (Wildman–Crippen MR) is 53.8 cm³/mol. The summed E-state index contributed by atoms with van der Waals surface area (Å²) in [7, 11) is 0. The molecule has 2 heteroatoms. The third-order valence-electron chi connectivity index (χ3n) is 3.35. The minimum Gasteiger partial charge on any atom is -0.368 e. The van der Waals surface area contributed by atoms with Crippen LogP contribution in [0.4, 0.5) is 0 Å². The fourth-order valence-corrected chi connectivity index (χ4v) is 2.46. The molecule has 1 aliphatic carbocycles. The van der Waals surface area contributed by atoms with E-state index < -0.39 is 0 Å². The zero-order valence-corrected chi connectivity index (χ0v) is 8.75. The van der Waals surface area contributed by atoms with E-state index in [4.69, 9.17) is 4.74 Å². The summed E-state index contributed by atoms with van der Waals surface area (Å²) in [5.41, 5.74) is 0. The first-order valence-corrected chi connectivity index (χ1v) is 5.69. The third-order valence-corrected chi connectivity index (χ3v) is 3.35. The minimum atomic E-state index is 0.488. The average molecular weight is 183 g/mol. The van der Waals surface area contributed by atoms with Gasteiger partial charge in [0.2, 0.25) is 0 Å². The second kappa shape index (κ2) is 3.97. The van der Waals surface area contributed by atoms with Crippen LogP contribution >= 0.6 is 0 Å². The monoisotopic (exact) mass is 183 g/mol. The van der Waals surface area contributed by atoms with E-state index in [-0.39, 0.29) is 0 Å². The molecule has 1 saturated carbocycles. The van der Waals surface area contributed by atoms with Crippen molar-refractivity contribution < 1.29 is 4.74 Å². The molecule has 2 nitrogen and oxygen atoms in total. The van der Waals surface area contributed by atoms with Crippen molar-refractivity contribution in [3.8, 4) is 0 Å². The molecular formula is C11H21NO. The first-order chi connectivity index (χ1) is 6.27. The van der Waals surface area contributed by atoms with E-state index in [9.17, 15) is 0 Å². The summed E-state index contributed by atoms with van der Waals surface area (Å²) in [4.78, 5) is 0. The van der Waals surface area contributed by atoms with Crippen molar-refractivity contribution in [1.82, 2.24) is 5.32 Å². The largest absolute Gasteiger partial charge is 0.368 e. The van der Waals surface area contributed by atoms with Crippen LogP contribution in [0.3, 0.4) is 0 Å². The first kappa shape index (κ1) is 9.47. The minimum absolute atomic E-state index is 0.488. The maximum Gasteiger partial charge on any atom is 0.0988 e. The van der Waals surface area contributed by atoms with Crippen molar-refractivity contribution in [1.29, 1.82) is 0 Å². The molecule has 13 heavy (non-hydrogen) atoms. The quantitative estimate of drug-likeness (QED) is 0.678. The lowest BCUT2D eigenvalue weighted by atomic mass is 9.94. The van der Waals surface area contributed by atoms with Crippen LogP contribution < -0.4 is 5.32 Å². The van der Waals surface area contributed by atoms with E-state index in [2.05, 4.69) is 19.2 Å². The van der Waals surface area contributed by atoms with Crippen LogP contribution in [0.2, 0.25) is 0 Å². The highest BCUT2D eigenvalue weighted by Crippen LogP contribution is 2.26. The number of ether oxygens (including phenoxy) is 1. The number of hydrogen-bond donors (Lipinski definition) is 1. The number of hydrogen-bond acceptors (Lipinski definition) is 2. The van der Waals surface area contributed by atoms with E-state index in [1.165, 1.54) is 32.1 Å². The summed E-state index contributed by atoms with van der Waals surface area (Å²) in [5, 5.41) is 3.69. The summed E-state index contributed by atoms with van der Waals surface area (Å²) in [6.45, 7) is 4.41. The third kappa shape index (κ3) is 2.44. The zero-order chi connectivity index (χ0) is 9.26. The summed E-state index contributed by atoms with van der Waals surface area (Å²) in [6.07, 6.45) is 7.96. The van der Waals surface area contributed by atoms with Crippen LogP contribution in [0.15, 0.2) is 0 Å². The SMILES string of the molecule is CC(NC1CCCCC1)C1OC1C. The molecule has 3 unspecified atom stereocenters. The molecular weight excluding hydrogens is 162 g/mol. The van der Waals surface area contributed by atoms with Crippen LogP contribution in [-0.4, -0.2) is 24.3 Å². The Morgan fingerprint density at radius 2 is 1.85 bits per heavy atom. The van der Waals surface area contributed by atoms with Crippen LogP contribution in [0, 0.1) is 0 Å². The molecule has 0 radical (unpaired) electrons. The highest BCUT2D eigenvalue weighted by molar-refractivity contribution is 4.91. The predicted octanol–water partition coefficient (Wildman–Crippen LogP) is 2.08. The molecule has 1 N–H and O–H groups in total. The fraction of sp³-hybridized carbons (Fsp3) is 1.00. The highest BCUT2D eigenvalue weighted by atomic mass is 16.6. The molecule has 0 bridgehead atoms. The standard InChI is InChI=1S/C11H21NO/c1-8(11-9(2)13-11)12-10-6-4-3-5-7-10/h8-12H,3-7H2,1-2H3. The van der Waals surface area contributed by atoms with Gasteiger partial charge in [0.15, 0.2) is 0 Å². The molecule has 2 aliphatic rings. The second-order valence-electron chi connectivity index (χ2n) is 4.60. The van der Waals surface area contributed by atoms with Crippen LogP contribution in [0.25, 0.3) is 0 Å². The first-order valence-electron chi connectivity index (χ1n) is 5.69. The number of nitrogens with one attached hydrogen (secondary N) is 1. The molecule has 2 rings (SSSR count). The Labute approximate surface area is 81.0 Å². The summed E-state index contributed by atoms with van der Waals surface area (Å²) in [5.74, 6) is 0. The van der Waals surface area contributed by atoms with Gasteiger partial charge in [-0.3, -0.25) is 0 Å². The molecule has 2 fully saturated rings. The highest BCUT2D eigenvalue weighted by Gasteiger charge is 2.39. The molecule has 0 spiro atoms. The fourth-order valence-electron chi connectivity index (χ4n) is 2.46. The maximum absolute atomic E-state index is 5.46. The molecule has 1 aliphatic heterocycles. The Morgan fingerprint density at radius 3 is 2.38 bits per heavy atom. The normalized spacial score (nSPS) is 37.4. The smallest absolute Gasteiger partial charge is 0.0988 e. The topological polar surface area (TPSA) is 24.6 Å². The lowest BCUT2D eigenvalue weighted by Gasteiger charge is -2.25. The van der Waals surface area contributed by atoms with Crippen molar-refractivity contribution in [2.45, 2.75) is 70.2 Å². The van der Waals surface area contributed by atoms with Crippen molar-refractivity contribution in [3.05, 3.63) is 0 Å². The molecule has 0 aromatic carbocycles. The molecule has 3 atom stereocenters. The van der Waals surface area contributed by atoms with Gasteiger partial charge < -0.3 is 10.1 Å². The lowest BCUT2D eigenvalue weighted by Crippen LogP contribution is -2.41. The molecule has 0 aromatic rings. The number of epoxide rings is 1.